The molecule has 1 saturated carbocycles. The average Bonchev–Trinajstić information content (AvgIpc) is 3.17. The lowest BCUT2D eigenvalue weighted by Gasteiger charge is -2.23. The average molecular weight is 421 g/mol. The van der Waals surface area contributed by atoms with Gasteiger partial charge in [0.2, 0.25) is 0 Å². The van der Waals surface area contributed by atoms with E-state index in [1.54, 1.807) is 11.6 Å². The third kappa shape index (κ3) is 5.64. The number of carbonyl (C=O) groups is 1. The summed E-state index contributed by atoms with van der Waals surface area (Å²) in [6, 6.07) is 6.10. The van der Waals surface area contributed by atoms with Crippen molar-refractivity contribution in [2.75, 3.05) is 13.1 Å². The number of allylic oxidation sites excluding steroid dienone is 2. The highest BCUT2D eigenvalue weighted by Crippen LogP contribution is 2.28. The SMILES string of the molecule is O=C(C=Cc1ccc2c(c1)nc(CCC1CCCCC1)n2CCN1C=CC=CC1)NO. The van der Waals surface area contributed by atoms with Crippen LogP contribution in [0.15, 0.2) is 48.7 Å². The summed E-state index contributed by atoms with van der Waals surface area (Å²) in [5.74, 6) is 1.45. The largest absolute Gasteiger partial charge is 0.372 e. The van der Waals surface area contributed by atoms with Gasteiger partial charge in [0.25, 0.3) is 5.91 Å². The zero-order chi connectivity index (χ0) is 21.5. The molecule has 1 aromatic carbocycles. The van der Waals surface area contributed by atoms with Crippen LogP contribution in [-0.2, 0) is 17.8 Å². The Labute approximate surface area is 183 Å². The number of carbonyl (C=O) groups excluding carboxylic acids is 1. The lowest BCUT2D eigenvalue weighted by atomic mass is 9.86. The van der Waals surface area contributed by atoms with Gasteiger partial charge in [-0.1, -0.05) is 50.3 Å². The fraction of sp³-hybridized carbons (Fsp3) is 0.440. The fourth-order valence-corrected chi connectivity index (χ4v) is 4.66. The number of nitrogens with zero attached hydrogens (tertiary/aromatic N) is 3. The number of hydrogen-bond donors (Lipinski definition) is 2. The number of nitrogens with one attached hydrogen (secondary N) is 1. The quantitative estimate of drug-likeness (QED) is 0.376. The first-order valence-electron chi connectivity index (χ1n) is 11.4. The highest BCUT2D eigenvalue weighted by atomic mass is 16.5. The second-order valence-electron chi connectivity index (χ2n) is 8.54. The Kier molecular flexibility index (Phi) is 7.20. The molecule has 2 aromatic rings. The summed E-state index contributed by atoms with van der Waals surface area (Å²) in [6.07, 6.45) is 20.6. The van der Waals surface area contributed by atoms with E-state index >= 15 is 0 Å². The van der Waals surface area contributed by atoms with E-state index in [1.807, 2.05) is 12.1 Å². The van der Waals surface area contributed by atoms with Crippen LogP contribution in [0.1, 0.15) is 49.9 Å². The number of rotatable bonds is 8. The number of aryl methyl sites for hydroxylation is 1. The molecule has 0 bridgehead atoms. The van der Waals surface area contributed by atoms with Crippen molar-refractivity contribution >= 4 is 23.0 Å². The molecule has 6 heteroatoms. The van der Waals surface area contributed by atoms with Crippen LogP contribution in [0.5, 0.6) is 0 Å². The minimum absolute atomic E-state index is 0.539. The Morgan fingerprint density at radius 1 is 1.19 bits per heavy atom. The van der Waals surface area contributed by atoms with Crippen LogP contribution in [0, 0.1) is 5.92 Å². The highest BCUT2D eigenvalue weighted by Gasteiger charge is 2.17. The zero-order valence-corrected chi connectivity index (χ0v) is 18.0. The molecular weight excluding hydrogens is 388 g/mol. The number of hydroxylamine groups is 1. The van der Waals surface area contributed by atoms with E-state index in [-0.39, 0.29) is 0 Å². The molecule has 31 heavy (non-hydrogen) atoms. The summed E-state index contributed by atoms with van der Waals surface area (Å²) >= 11 is 0. The van der Waals surface area contributed by atoms with Crippen molar-refractivity contribution in [3.63, 3.8) is 0 Å². The van der Waals surface area contributed by atoms with Gasteiger partial charge < -0.3 is 9.47 Å². The van der Waals surface area contributed by atoms with Gasteiger partial charge in [-0.05, 0) is 48.4 Å². The summed E-state index contributed by atoms with van der Waals surface area (Å²) in [5.41, 5.74) is 4.61. The van der Waals surface area contributed by atoms with Crippen LogP contribution in [0.4, 0.5) is 0 Å². The van der Waals surface area contributed by atoms with E-state index < -0.39 is 5.91 Å². The predicted molar refractivity (Wildman–Crippen MR) is 123 cm³/mol. The fourth-order valence-electron chi connectivity index (χ4n) is 4.66. The summed E-state index contributed by atoms with van der Waals surface area (Å²) in [7, 11) is 0. The zero-order valence-electron chi connectivity index (χ0n) is 18.0. The van der Waals surface area contributed by atoms with Gasteiger partial charge in [-0.3, -0.25) is 10.0 Å². The monoisotopic (exact) mass is 420 g/mol. The van der Waals surface area contributed by atoms with Gasteiger partial charge in [0, 0.05) is 32.1 Å². The molecule has 2 aliphatic rings. The van der Waals surface area contributed by atoms with Crippen LogP contribution in [0.2, 0.25) is 0 Å². The van der Waals surface area contributed by atoms with Crippen LogP contribution >= 0.6 is 0 Å². The maximum absolute atomic E-state index is 11.3. The normalized spacial score (nSPS) is 17.1. The standard InChI is InChI=1S/C25H32N4O2/c30-25(27-31)14-11-21-9-12-23-22(19-21)26-24(13-10-20-7-3-1-4-8-20)29(23)18-17-28-15-5-2-6-16-28/h2,5-6,9,11-12,14-15,19-20,31H,1,3-4,7-8,10,13,16-18H2,(H,27,30). The Morgan fingerprint density at radius 2 is 2.06 bits per heavy atom. The smallest absolute Gasteiger partial charge is 0.267 e. The third-order valence-corrected chi connectivity index (χ3v) is 6.38. The molecule has 0 spiro atoms. The lowest BCUT2D eigenvalue weighted by molar-refractivity contribution is -0.124. The van der Waals surface area contributed by atoms with E-state index in [0.717, 1.165) is 54.4 Å². The first kappa shape index (κ1) is 21.4. The number of benzene rings is 1. The Hall–Kier alpha value is -2.86. The molecule has 1 fully saturated rings. The predicted octanol–water partition coefficient (Wildman–Crippen LogP) is 4.45. The van der Waals surface area contributed by atoms with Crippen LogP contribution in [-0.4, -0.2) is 38.7 Å². The Balaban J connectivity index is 1.55. The molecule has 0 unspecified atom stereocenters. The molecule has 0 radical (unpaired) electrons. The molecule has 4 rings (SSSR count). The van der Waals surface area contributed by atoms with E-state index in [1.165, 1.54) is 44.6 Å². The van der Waals surface area contributed by atoms with Gasteiger partial charge in [0.15, 0.2) is 0 Å². The second kappa shape index (κ2) is 10.4. The number of imidazole rings is 1. The summed E-state index contributed by atoms with van der Waals surface area (Å²) < 4.78 is 2.37. The molecule has 0 saturated heterocycles. The second-order valence-corrected chi connectivity index (χ2v) is 8.54. The van der Waals surface area contributed by atoms with Crippen molar-refractivity contribution in [3.05, 3.63) is 60.1 Å². The lowest BCUT2D eigenvalue weighted by Crippen LogP contribution is -2.24. The summed E-state index contributed by atoms with van der Waals surface area (Å²) in [5, 5.41) is 8.68. The number of hydrogen-bond acceptors (Lipinski definition) is 4. The van der Waals surface area contributed by atoms with Gasteiger partial charge in [0.05, 0.1) is 11.0 Å². The van der Waals surface area contributed by atoms with E-state index in [2.05, 4.69) is 40.0 Å². The third-order valence-electron chi connectivity index (χ3n) is 6.38. The number of fused-ring (bicyclic) bond motifs is 1. The molecule has 0 atom stereocenters. The topological polar surface area (TPSA) is 70.4 Å². The molecule has 2 heterocycles. The van der Waals surface area contributed by atoms with Crippen LogP contribution in [0.25, 0.3) is 17.1 Å². The van der Waals surface area contributed by atoms with E-state index in [4.69, 9.17) is 10.2 Å². The van der Waals surface area contributed by atoms with E-state index in [0.29, 0.717) is 0 Å². The molecular formula is C25H32N4O2. The Morgan fingerprint density at radius 3 is 2.84 bits per heavy atom. The maximum atomic E-state index is 11.3. The number of aromatic nitrogens is 2. The first-order chi connectivity index (χ1) is 15.2. The molecule has 1 aliphatic heterocycles. The summed E-state index contributed by atoms with van der Waals surface area (Å²) in [6.45, 7) is 2.79. The van der Waals surface area contributed by atoms with Gasteiger partial charge in [-0.15, -0.1) is 0 Å². The van der Waals surface area contributed by atoms with Gasteiger partial charge in [-0.25, -0.2) is 10.5 Å². The molecule has 1 aliphatic carbocycles. The van der Waals surface area contributed by atoms with Crippen molar-refractivity contribution in [2.45, 2.75) is 51.5 Å². The first-order valence-corrected chi connectivity index (χ1v) is 11.4. The molecule has 164 valence electrons. The highest BCUT2D eigenvalue weighted by molar-refractivity contribution is 5.91. The van der Waals surface area contributed by atoms with Gasteiger partial charge in [0.1, 0.15) is 5.82 Å². The van der Waals surface area contributed by atoms with Crippen LogP contribution < -0.4 is 5.48 Å². The molecule has 1 amide bonds. The van der Waals surface area contributed by atoms with Crippen LogP contribution in [0.3, 0.4) is 0 Å². The van der Waals surface area contributed by atoms with Crippen molar-refractivity contribution < 1.29 is 10.0 Å². The minimum atomic E-state index is -0.539. The van der Waals surface area contributed by atoms with Crippen molar-refractivity contribution in [3.8, 4) is 0 Å². The summed E-state index contributed by atoms with van der Waals surface area (Å²) in [4.78, 5) is 18.6. The minimum Gasteiger partial charge on any atom is -0.372 e. The van der Waals surface area contributed by atoms with Gasteiger partial charge >= 0.3 is 0 Å². The van der Waals surface area contributed by atoms with Crippen molar-refractivity contribution in [1.82, 2.24) is 19.9 Å². The molecule has 1 aromatic heterocycles. The van der Waals surface area contributed by atoms with Crippen molar-refractivity contribution in [1.29, 1.82) is 0 Å². The van der Waals surface area contributed by atoms with E-state index in [9.17, 15) is 4.79 Å². The molecule has 2 N–H and O–H groups in total. The maximum Gasteiger partial charge on any atom is 0.267 e. The van der Waals surface area contributed by atoms with Crippen molar-refractivity contribution in [2.24, 2.45) is 5.92 Å². The van der Waals surface area contributed by atoms with Gasteiger partial charge in [-0.2, -0.15) is 0 Å². The number of amides is 1. The molecule has 6 nitrogen and oxygen atoms in total. The Bertz CT molecular complexity index is 983.